The van der Waals surface area contributed by atoms with Crippen molar-refractivity contribution >= 4 is 5.97 Å². The molecule has 0 unspecified atom stereocenters. The Hall–Kier alpha value is -2.59. The molecule has 0 radical (unpaired) electrons. The topological polar surface area (TPSA) is 83.6 Å². The molecule has 4 N–H and O–H groups in total. The molecular formula is C15H9F6NO3. The van der Waals surface area contributed by atoms with E-state index in [0.717, 1.165) is 0 Å². The molecule has 0 bridgehead atoms. The van der Waals surface area contributed by atoms with Crippen molar-refractivity contribution in [2.45, 2.75) is 11.6 Å². The quantitative estimate of drug-likeness (QED) is 0.573. The highest BCUT2D eigenvalue weighted by Crippen LogP contribution is 2.35. The lowest BCUT2D eigenvalue weighted by Gasteiger charge is -2.33. The molecule has 2 aromatic rings. The van der Waals surface area contributed by atoms with Gasteiger partial charge in [-0.05, 0) is 35.4 Å². The van der Waals surface area contributed by atoms with Crippen LogP contribution < -0.4 is 5.73 Å². The van der Waals surface area contributed by atoms with Gasteiger partial charge in [0.25, 0.3) is 0 Å². The van der Waals surface area contributed by atoms with E-state index in [9.17, 15) is 36.2 Å². The fourth-order valence-electron chi connectivity index (χ4n) is 2.26. The van der Waals surface area contributed by atoms with Crippen LogP contribution in [0.2, 0.25) is 0 Å². The third-order valence-electron chi connectivity index (χ3n) is 3.56. The number of benzene rings is 2. The molecule has 0 saturated carbocycles. The Morgan fingerprint density at radius 2 is 1.12 bits per heavy atom. The highest BCUT2D eigenvalue weighted by molar-refractivity contribution is 5.76. The summed E-state index contributed by atoms with van der Waals surface area (Å²) >= 11 is 0. The van der Waals surface area contributed by atoms with E-state index in [1.54, 1.807) is 0 Å². The first kappa shape index (κ1) is 18.7. The molecule has 0 amide bonds. The SMILES string of the molecule is N[C@H](C(=O)O)C(O)(c1cc(F)c(F)c(F)c1)c1cc(F)c(F)c(F)c1. The first-order valence-corrected chi connectivity index (χ1v) is 6.51. The molecule has 2 rings (SSSR count). The van der Waals surface area contributed by atoms with E-state index in [4.69, 9.17) is 10.8 Å². The van der Waals surface area contributed by atoms with Crippen LogP contribution in [0.15, 0.2) is 24.3 Å². The van der Waals surface area contributed by atoms with Gasteiger partial charge in [-0.3, -0.25) is 4.79 Å². The van der Waals surface area contributed by atoms with Crippen LogP contribution in [-0.4, -0.2) is 22.2 Å². The number of halogens is 6. The summed E-state index contributed by atoms with van der Waals surface area (Å²) in [5.41, 5.74) is 0.327. The number of aliphatic hydroxyl groups is 1. The zero-order valence-electron chi connectivity index (χ0n) is 12.0. The van der Waals surface area contributed by atoms with Gasteiger partial charge in [0.15, 0.2) is 34.9 Å². The lowest BCUT2D eigenvalue weighted by Crippen LogP contribution is -2.51. The Kier molecular flexibility index (Phi) is 4.78. The third-order valence-corrected chi connectivity index (χ3v) is 3.56. The standard InChI is InChI=1S/C15H9F6NO3/c16-7-1-5(2-8(17)11(7)20)15(25,13(22)14(23)24)6-3-9(18)12(21)10(19)4-6/h1-4,13,25H,22H2,(H,23,24)/t13-/m1/s1. The lowest BCUT2D eigenvalue weighted by molar-refractivity contribution is -0.144. The summed E-state index contributed by atoms with van der Waals surface area (Å²) in [5.74, 6) is -13.0. The van der Waals surface area contributed by atoms with Crippen molar-refractivity contribution in [2.75, 3.05) is 0 Å². The average molecular weight is 365 g/mol. The Morgan fingerprint density at radius 3 is 1.36 bits per heavy atom. The summed E-state index contributed by atoms with van der Waals surface area (Å²) < 4.78 is 80.0. The largest absolute Gasteiger partial charge is 0.480 e. The van der Waals surface area contributed by atoms with Gasteiger partial charge in [-0.2, -0.15) is 0 Å². The Morgan fingerprint density at radius 1 is 0.840 bits per heavy atom. The maximum Gasteiger partial charge on any atom is 0.324 e. The van der Waals surface area contributed by atoms with Crippen LogP contribution in [0.25, 0.3) is 0 Å². The highest BCUT2D eigenvalue weighted by atomic mass is 19.2. The van der Waals surface area contributed by atoms with Gasteiger partial charge in [-0.15, -0.1) is 0 Å². The molecule has 10 heteroatoms. The minimum atomic E-state index is -3.10. The van der Waals surface area contributed by atoms with Crippen molar-refractivity contribution in [3.63, 3.8) is 0 Å². The van der Waals surface area contributed by atoms with Crippen LogP contribution >= 0.6 is 0 Å². The first-order chi connectivity index (χ1) is 11.5. The Labute approximate surface area is 136 Å². The van der Waals surface area contributed by atoms with Crippen LogP contribution in [0.1, 0.15) is 11.1 Å². The van der Waals surface area contributed by atoms with E-state index in [1.807, 2.05) is 0 Å². The van der Waals surface area contributed by atoms with Crippen molar-refractivity contribution < 1.29 is 41.4 Å². The smallest absolute Gasteiger partial charge is 0.324 e. The predicted molar refractivity (Wildman–Crippen MR) is 71.2 cm³/mol. The van der Waals surface area contributed by atoms with Crippen LogP contribution in [0.3, 0.4) is 0 Å². The fourth-order valence-corrected chi connectivity index (χ4v) is 2.26. The monoisotopic (exact) mass is 365 g/mol. The summed E-state index contributed by atoms with van der Waals surface area (Å²) in [6.45, 7) is 0. The van der Waals surface area contributed by atoms with Gasteiger partial charge < -0.3 is 15.9 Å². The van der Waals surface area contributed by atoms with E-state index >= 15 is 0 Å². The van der Waals surface area contributed by atoms with E-state index < -0.39 is 63.6 Å². The maximum absolute atomic E-state index is 13.5. The van der Waals surface area contributed by atoms with Crippen LogP contribution in [-0.2, 0) is 10.4 Å². The maximum atomic E-state index is 13.5. The van der Waals surface area contributed by atoms with Crippen molar-refractivity contribution in [1.29, 1.82) is 0 Å². The summed E-state index contributed by atoms with van der Waals surface area (Å²) in [7, 11) is 0. The number of carbonyl (C=O) groups is 1. The van der Waals surface area contributed by atoms with E-state index in [-0.39, 0.29) is 24.3 Å². The van der Waals surface area contributed by atoms with Gasteiger partial charge in [0, 0.05) is 0 Å². The van der Waals surface area contributed by atoms with Gasteiger partial charge in [0.05, 0.1) is 0 Å². The summed E-state index contributed by atoms with van der Waals surface area (Å²) in [6.07, 6.45) is 0. The molecule has 0 aliphatic heterocycles. The second-order valence-electron chi connectivity index (χ2n) is 5.09. The van der Waals surface area contributed by atoms with Crippen LogP contribution in [0.5, 0.6) is 0 Å². The van der Waals surface area contributed by atoms with Crippen LogP contribution in [0, 0.1) is 34.9 Å². The second-order valence-corrected chi connectivity index (χ2v) is 5.09. The third kappa shape index (κ3) is 3.05. The summed E-state index contributed by atoms with van der Waals surface area (Å²) in [6, 6.07) is -1.55. The molecule has 0 aromatic heterocycles. The predicted octanol–water partition coefficient (Wildman–Crippen LogP) is 2.17. The van der Waals surface area contributed by atoms with E-state index in [1.165, 1.54) is 0 Å². The molecule has 2 aromatic carbocycles. The van der Waals surface area contributed by atoms with Gasteiger partial charge in [-0.1, -0.05) is 0 Å². The first-order valence-electron chi connectivity index (χ1n) is 6.51. The van der Waals surface area contributed by atoms with Gasteiger partial charge in [-0.25, -0.2) is 26.3 Å². The number of rotatable bonds is 4. The van der Waals surface area contributed by atoms with Crippen molar-refractivity contribution in [3.05, 3.63) is 70.3 Å². The number of hydrogen-bond acceptors (Lipinski definition) is 3. The lowest BCUT2D eigenvalue weighted by atomic mass is 9.80. The molecule has 0 aliphatic rings. The molecule has 0 spiro atoms. The average Bonchev–Trinajstić information content (AvgIpc) is 2.54. The van der Waals surface area contributed by atoms with Crippen molar-refractivity contribution in [2.24, 2.45) is 5.73 Å². The number of aliphatic carboxylic acids is 1. The normalized spacial score (nSPS) is 13.0. The Balaban J connectivity index is 2.82. The zero-order valence-corrected chi connectivity index (χ0v) is 12.0. The van der Waals surface area contributed by atoms with Crippen molar-refractivity contribution in [3.8, 4) is 0 Å². The molecule has 0 saturated heterocycles. The number of nitrogens with two attached hydrogens (primary N) is 1. The molecule has 1 atom stereocenters. The molecule has 0 heterocycles. The van der Waals surface area contributed by atoms with Gasteiger partial charge in [0.1, 0.15) is 11.6 Å². The van der Waals surface area contributed by atoms with E-state index in [2.05, 4.69) is 0 Å². The minimum absolute atomic E-state index is 0.209. The highest BCUT2D eigenvalue weighted by Gasteiger charge is 2.44. The molecule has 25 heavy (non-hydrogen) atoms. The summed E-state index contributed by atoms with van der Waals surface area (Å²) in [4.78, 5) is 11.2. The zero-order chi connectivity index (χ0) is 19.1. The second kappa shape index (κ2) is 6.37. The van der Waals surface area contributed by atoms with E-state index in [0.29, 0.717) is 0 Å². The van der Waals surface area contributed by atoms with Crippen molar-refractivity contribution in [1.82, 2.24) is 0 Å². The number of hydrogen-bond donors (Lipinski definition) is 3. The Bertz CT molecular complexity index is 754. The molecule has 4 nitrogen and oxygen atoms in total. The molecule has 0 aliphatic carbocycles. The summed E-state index contributed by atoms with van der Waals surface area (Å²) in [5, 5.41) is 19.7. The van der Waals surface area contributed by atoms with Gasteiger partial charge in [0.2, 0.25) is 0 Å². The number of carboxylic acids is 1. The molecule has 0 fully saturated rings. The number of carboxylic acid groups (broad SMARTS) is 1. The molecule has 134 valence electrons. The van der Waals surface area contributed by atoms with Crippen LogP contribution in [0.4, 0.5) is 26.3 Å². The fraction of sp³-hybridized carbons (Fsp3) is 0.133. The molecular weight excluding hydrogens is 356 g/mol. The minimum Gasteiger partial charge on any atom is -0.480 e. The van der Waals surface area contributed by atoms with Gasteiger partial charge >= 0.3 is 5.97 Å².